The van der Waals surface area contributed by atoms with Crippen LogP contribution in [0.3, 0.4) is 0 Å². The standard InChI is InChI=1S/C27H29N3O6S/c1-2-36-22-12-14-23(15-13-22)37(33,34)30(21-8-4-3-5-9-21)20-26(31)28-25-11-7-6-10-24(25)27(32)29-16-18-35-19-17-29/h3-15H,2,16-20H2,1H3,(H,28,31). The van der Waals surface area contributed by atoms with Gasteiger partial charge in [-0.25, -0.2) is 8.42 Å². The minimum absolute atomic E-state index is 0.0236. The number of nitrogens with one attached hydrogen (secondary N) is 1. The molecular formula is C27H29N3O6S. The number of morpholine rings is 1. The van der Waals surface area contributed by atoms with E-state index < -0.39 is 22.5 Å². The Morgan fingerprint density at radius 3 is 2.27 bits per heavy atom. The van der Waals surface area contributed by atoms with Crippen LogP contribution in [0.4, 0.5) is 11.4 Å². The topological polar surface area (TPSA) is 105 Å². The van der Waals surface area contributed by atoms with Crippen molar-refractivity contribution >= 4 is 33.2 Å². The second-order valence-electron chi connectivity index (χ2n) is 8.25. The Morgan fingerprint density at radius 2 is 1.59 bits per heavy atom. The third-order valence-electron chi connectivity index (χ3n) is 5.78. The number of carbonyl (C=O) groups excluding carboxylic acids is 2. The molecule has 1 aliphatic heterocycles. The first-order valence-corrected chi connectivity index (χ1v) is 13.4. The first-order valence-electron chi connectivity index (χ1n) is 12.0. The molecule has 0 aliphatic carbocycles. The van der Waals surface area contributed by atoms with Crippen molar-refractivity contribution in [2.45, 2.75) is 11.8 Å². The van der Waals surface area contributed by atoms with Gasteiger partial charge in [-0.2, -0.15) is 0 Å². The minimum Gasteiger partial charge on any atom is -0.494 e. The summed E-state index contributed by atoms with van der Waals surface area (Å²) in [5.41, 5.74) is 0.984. The molecule has 1 saturated heterocycles. The molecule has 1 heterocycles. The Labute approximate surface area is 216 Å². The molecule has 0 saturated carbocycles. The van der Waals surface area contributed by atoms with Crippen LogP contribution >= 0.6 is 0 Å². The predicted molar refractivity (Wildman–Crippen MR) is 140 cm³/mol. The lowest BCUT2D eigenvalue weighted by atomic mass is 10.1. The first-order chi connectivity index (χ1) is 17.9. The van der Waals surface area contributed by atoms with Crippen molar-refractivity contribution < 1.29 is 27.5 Å². The zero-order valence-corrected chi connectivity index (χ0v) is 21.3. The van der Waals surface area contributed by atoms with E-state index >= 15 is 0 Å². The molecule has 194 valence electrons. The van der Waals surface area contributed by atoms with Crippen molar-refractivity contribution in [3.05, 3.63) is 84.4 Å². The highest BCUT2D eigenvalue weighted by atomic mass is 32.2. The fraction of sp³-hybridized carbons (Fsp3) is 0.259. The molecule has 2 amide bonds. The van der Waals surface area contributed by atoms with Crippen LogP contribution in [0.2, 0.25) is 0 Å². The molecule has 0 unspecified atom stereocenters. The van der Waals surface area contributed by atoms with Gasteiger partial charge in [0.25, 0.3) is 15.9 Å². The molecule has 3 aromatic carbocycles. The molecule has 1 aliphatic rings. The molecular weight excluding hydrogens is 494 g/mol. The van der Waals surface area contributed by atoms with E-state index in [-0.39, 0.29) is 10.8 Å². The number of hydrogen-bond acceptors (Lipinski definition) is 6. The van der Waals surface area contributed by atoms with E-state index in [0.29, 0.717) is 55.6 Å². The monoisotopic (exact) mass is 523 g/mol. The lowest BCUT2D eigenvalue weighted by molar-refractivity contribution is -0.114. The molecule has 1 fully saturated rings. The number of ether oxygens (including phenoxy) is 2. The van der Waals surface area contributed by atoms with E-state index in [1.807, 2.05) is 6.92 Å². The summed E-state index contributed by atoms with van der Waals surface area (Å²) < 4.78 is 39.0. The summed E-state index contributed by atoms with van der Waals surface area (Å²) in [5, 5.41) is 2.74. The normalized spacial score (nSPS) is 13.6. The lowest BCUT2D eigenvalue weighted by Gasteiger charge is -2.28. The van der Waals surface area contributed by atoms with Crippen LogP contribution in [0, 0.1) is 0 Å². The molecule has 1 N–H and O–H groups in total. The number of anilines is 2. The van der Waals surface area contributed by atoms with Gasteiger partial charge in [-0.05, 0) is 55.5 Å². The third kappa shape index (κ3) is 6.28. The molecule has 0 radical (unpaired) electrons. The summed E-state index contributed by atoms with van der Waals surface area (Å²) in [5.74, 6) is -0.256. The zero-order valence-electron chi connectivity index (χ0n) is 20.5. The van der Waals surface area contributed by atoms with Crippen molar-refractivity contribution in [3.63, 3.8) is 0 Å². The van der Waals surface area contributed by atoms with E-state index in [9.17, 15) is 18.0 Å². The summed E-state index contributed by atoms with van der Waals surface area (Å²) in [7, 11) is -4.09. The average molecular weight is 524 g/mol. The van der Waals surface area contributed by atoms with Crippen molar-refractivity contribution in [1.82, 2.24) is 4.90 Å². The van der Waals surface area contributed by atoms with E-state index in [0.717, 1.165) is 4.31 Å². The number of rotatable bonds is 9. The fourth-order valence-electron chi connectivity index (χ4n) is 3.95. The van der Waals surface area contributed by atoms with Crippen LogP contribution in [0.5, 0.6) is 5.75 Å². The van der Waals surface area contributed by atoms with Gasteiger partial charge in [0, 0.05) is 13.1 Å². The molecule has 0 spiro atoms. The molecule has 10 heteroatoms. The van der Waals surface area contributed by atoms with Crippen LogP contribution in [0.25, 0.3) is 0 Å². The number of sulfonamides is 1. The maximum absolute atomic E-state index is 13.6. The second-order valence-corrected chi connectivity index (χ2v) is 10.1. The zero-order chi connectivity index (χ0) is 26.3. The van der Waals surface area contributed by atoms with E-state index in [2.05, 4.69) is 5.32 Å². The predicted octanol–water partition coefficient (Wildman–Crippen LogP) is 3.39. The van der Waals surface area contributed by atoms with Gasteiger partial charge in [0.05, 0.1) is 41.7 Å². The van der Waals surface area contributed by atoms with Gasteiger partial charge >= 0.3 is 0 Å². The maximum Gasteiger partial charge on any atom is 0.264 e. The van der Waals surface area contributed by atoms with Crippen LogP contribution in [-0.2, 0) is 19.6 Å². The van der Waals surface area contributed by atoms with Crippen LogP contribution in [0.15, 0.2) is 83.8 Å². The van der Waals surface area contributed by atoms with Crippen molar-refractivity contribution in [2.24, 2.45) is 0 Å². The number of benzene rings is 3. The second kappa shape index (κ2) is 11.9. The molecule has 37 heavy (non-hydrogen) atoms. The smallest absolute Gasteiger partial charge is 0.264 e. The maximum atomic E-state index is 13.6. The molecule has 9 nitrogen and oxygen atoms in total. The summed E-state index contributed by atoms with van der Waals surface area (Å²) in [6.45, 7) is 3.64. The summed E-state index contributed by atoms with van der Waals surface area (Å²) in [6.07, 6.45) is 0. The quantitative estimate of drug-likeness (QED) is 0.461. The number of hydrogen-bond donors (Lipinski definition) is 1. The molecule has 3 aromatic rings. The molecule has 0 aromatic heterocycles. The van der Waals surface area contributed by atoms with Crippen LogP contribution in [0.1, 0.15) is 17.3 Å². The first kappa shape index (κ1) is 26.2. The Balaban J connectivity index is 1.58. The van der Waals surface area contributed by atoms with Gasteiger partial charge in [-0.15, -0.1) is 0 Å². The third-order valence-corrected chi connectivity index (χ3v) is 7.57. The number of nitrogens with zero attached hydrogens (tertiary/aromatic N) is 2. The van der Waals surface area contributed by atoms with Crippen molar-refractivity contribution in [2.75, 3.05) is 49.1 Å². The SMILES string of the molecule is CCOc1ccc(S(=O)(=O)N(CC(=O)Nc2ccccc2C(=O)N2CCOCC2)c2ccccc2)cc1. The largest absolute Gasteiger partial charge is 0.494 e. The summed E-state index contributed by atoms with van der Waals surface area (Å²) in [6, 6.07) is 21.1. The highest BCUT2D eigenvalue weighted by molar-refractivity contribution is 7.92. The highest BCUT2D eigenvalue weighted by Crippen LogP contribution is 2.26. The Hall–Kier alpha value is -3.89. The summed E-state index contributed by atoms with van der Waals surface area (Å²) in [4.78, 5) is 27.9. The van der Waals surface area contributed by atoms with Gasteiger partial charge in [0.15, 0.2) is 0 Å². The molecule has 0 bridgehead atoms. The summed E-state index contributed by atoms with van der Waals surface area (Å²) >= 11 is 0. The van der Waals surface area contributed by atoms with Crippen molar-refractivity contribution in [1.29, 1.82) is 0 Å². The van der Waals surface area contributed by atoms with E-state index in [4.69, 9.17) is 9.47 Å². The van der Waals surface area contributed by atoms with Gasteiger partial charge in [-0.3, -0.25) is 13.9 Å². The number of amides is 2. The lowest BCUT2D eigenvalue weighted by Crippen LogP contribution is -2.41. The van der Waals surface area contributed by atoms with Crippen molar-refractivity contribution in [3.8, 4) is 5.75 Å². The average Bonchev–Trinajstić information content (AvgIpc) is 2.93. The van der Waals surface area contributed by atoms with Gasteiger partial charge in [0.2, 0.25) is 5.91 Å². The highest BCUT2D eigenvalue weighted by Gasteiger charge is 2.28. The van der Waals surface area contributed by atoms with Crippen LogP contribution in [-0.4, -0.2) is 64.6 Å². The fourth-order valence-corrected chi connectivity index (χ4v) is 5.37. The van der Waals surface area contributed by atoms with Gasteiger partial charge < -0.3 is 19.7 Å². The Morgan fingerprint density at radius 1 is 0.946 bits per heavy atom. The number of carbonyl (C=O) groups is 2. The van der Waals surface area contributed by atoms with E-state index in [1.165, 1.54) is 12.1 Å². The number of para-hydroxylation sites is 2. The molecule has 0 atom stereocenters. The van der Waals surface area contributed by atoms with Gasteiger partial charge in [-0.1, -0.05) is 30.3 Å². The van der Waals surface area contributed by atoms with Gasteiger partial charge in [0.1, 0.15) is 12.3 Å². The Kier molecular flexibility index (Phi) is 8.42. The van der Waals surface area contributed by atoms with Crippen LogP contribution < -0.4 is 14.4 Å². The Bertz CT molecular complexity index is 1320. The molecule has 4 rings (SSSR count). The minimum atomic E-state index is -4.09. The van der Waals surface area contributed by atoms with E-state index in [1.54, 1.807) is 71.6 Å².